The van der Waals surface area contributed by atoms with Crippen LogP contribution in [0.4, 0.5) is 0 Å². The first kappa shape index (κ1) is 31.5. The van der Waals surface area contributed by atoms with Crippen molar-refractivity contribution < 1.29 is 36.2 Å². The summed E-state index contributed by atoms with van der Waals surface area (Å²) in [6.45, 7) is 0. The Morgan fingerprint density at radius 3 is 1.33 bits per heavy atom. The first-order valence-electron chi connectivity index (χ1n) is 11.0. The van der Waals surface area contributed by atoms with Crippen molar-refractivity contribution in [3.05, 3.63) is 47.5 Å². The second-order valence-corrected chi connectivity index (χ2v) is 15.6. The molecular formula is C22H30O8S6. The average Bonchev–Trinajstić information content (AvgIpc) is 2.79. The molecular weight excluding hydrogens is 585 g/mol. The number of hydrogen-bond donors (Lipinski definition) is 4. The molecule has 0 heterocycles. The van der Waals surface area contributed by atoms with Crippen LogP contribution in [0.5, 0.6) is 11.5 Å². The van der Waals surface area contributed by atoms with E-state index in [4.69, 9.17) is 9.11 Å². The summed E-state index contributed by atoms with van der Waals surface area (Å²) in [6.07, 6.45) is 3.08. The molecule has 0 spiro atoms. The summed E-state index contributed by atoms with van der Waals surface area (Å²) in [5, 5.41) is 19.1. The van der Waals surface area contributed by atoms with E-state index < -0.39 is 41.5 Å². The lowest BCUT2D eigenvalue weighted by Crippen LogP contribution is -2.00. The van der Waals surface area contributed by atoms with E-state index >= 15 is 0 Å². The molecule has 0 saturated carbocycles. The van der Waals surface area contributed by atoms with Gasteiger partial charge in [0.2, 0.25) is 0 Å². The molecule has 2 rings (SSSR count). The van der Waals surface area contributed by atoms with Crippen molar-refractivity contribution in [2.24, 2.45) is 0 Å². The molecule has 202 valence electrons. The lowest BCUT2D eigenvalue weighted by atomic mass is 10.1. The number of aryl methyl sites for hydroxylation is 2. The van der Waals surface area contributed by atoms with E-state index in [1.807, 2.05) is 45.1 Å². The smallest absolute Gasteiger partial charge is 0.298 e. The Bertz CT molecular complexity index is 1090. The van der Waals surface area contributed by atoms with Crippen LogP contribution in [0.2, 0.25) is 0 Å². The zero-order chi connectivity index (χ0) is 26.6. The lowest BCUT2D eigenvalue weighted by molar-refractivity contribution is 0.440. The van der Waals surface area contributed by atoms with Crippen molar-refractivity contribution in [3.63, 3.8) is 0 Å². The number of hydrogen-bond acceptors (Lipinski definition) is 10. The van der Waals surface area contributed by atoms with E-state index in [-0.39, 0.29) is 0 Å². The molecule has 0 aromatic heterocycles. The van der Waals surface area contributed by atoms with Gasteiger partial charge >= 0.3 is 0 Å². The minimum atomic E-state index is -4.43. The molecule has 8 nitrogen and oxygen atoms in total. The number of aromatic hydroxyl groups is 2. The maximum atomic E-state index is 11.3. The molecule has 14 heteroatoms. The van der Waals surface area contributed by atoms with E-state index in [2.05, 4.69) is 0 Å². The van der Waals surface area contributed by atoms with Gasteiger partial charge in [0.25, 0.3) is 20.2 Å². The van der Waals surface area contributed by atoms with Crippen LogP contribution in [0, 0.1) is 0 Å². The molecule has 2 aromatic rings. The molecule has 0 atom stereocenters. The fourth-order valence-electron chi connectivity index (χ4n) is 3.11. The number of benzene rings is 2. The van der Waals surface area contributed by atoms with Crippen LogP contribution in [-0.4, -0.2) is 70.7 Å². The van der Waals surface area contributed by atoms with Gasteiger partial charge in [-0.3, -0.25) is 9.11 Å². The number of phenols is 2. The standard InChI is InChI=1S/C22H30O8S6/c23-19-7-5-17(15-21(19)35(25,26)27)3-1-9-31-11-13-33-34-14-12-32-10-2-4-18-6-8-20(24)22(16-18)36(28,29)30/h5-8,15-16,23-24H,1-4,9-14H2,(H,25,26,27)(H,28,29,30). The highest BCUT2D eigenvalue weighted by Gasteiger charge is 2.16. The summed E-state index contributed by atoms with van der Waals surface area (Å²) >= 11 is 3.67. The Hall–Kier alpha value is -0.740. The van der Waals surface area contributed by atoms with Crippen LogP contribution in [0.1, 0.15) is 24.0 Å². The molecule has 0 aliphatic heterocycles. The van der Waals surface area contributed by atoms with Crippen LogP contribution in [0.15, 0.2) is 46.2 Å². The first-order valence-corrected chi connectivity index (χ1v) is 18.6. The summed E-state index contributed by atoms with van der Waals surface area (Å²) in [5.74, 6) is 5.09. The fraction of sp³-hybridized carbons (Fsp3) is 0.455. The molecule has 0 aliphatic carbocycles. The predicted octanol–water partition coefficient (Wildman–Crippen LogP) is 5.00. The van der Waals surface area contributed by atoms with Crippen molar-refractivity contribution in [3.8, 4) is 11.5 Å². The third-order valence-electron chi connectivity index (χ3n) is 4.82. The Morgan fingerprint density at radius 1 is 0.583 bits per heavy atom. The van der Waals surface area contributed by atoms with Gasteiger partial charge in [0.05, 0.1) is 0 Å². The van der Waals surface area contributed by atoms with E-state index in [1.165, 1.54) is 24.3 Å². The van der Waals surface area contributed by atoms with Gasteiger partial charge in [0.15, 0.2) is 0 Å². The van der Waals surface area contributed by atoms with Gasteiger partial charge in [-0.2, -0.15) is 40.4 Å². The van der Waals surface area contributed by atoms with Gasteiger partial charge < -0.3 is 10.2 Å². The van der Waals surface area contributed by atoms with Gasteiger partial charge in [-0.25, -0.2) is 0 Å². The molecule has 0 unspecified atom stereocenters. The highest BCUT2D eigenvalue weighted by molar-refractivity contribution is 8.76. The van der Waals surface area contributed by atoms with Crippen molar-refractivity contribution >= 4 is 65.3 Å². The highest BCUT2D eigenvalue weighted by atomic mass is 33.1. The zero-order valence-corrected chi connectivity index (χ0v) is 24.3. The summed E-state index contributed by atoms with van der Waals surface area (Å²) < 4.78 is 63.3. The molecule has 0 saturated heterocycles. The zero-order valence-electron chi connectivity index (χ0n) is 19.4. The molecule has 0 amide bonds. The normalized spacial score (nSPS) is 12.2. The predicted molar refractivity (Wildman–Crippen MR) is 152 cm³/mol. The summed E-state index contributed by atoms with van der Waals surface area (Å²) in [7, 11) is -5.18. The Morgan fingerprint density at radius 2 is 0.972 bits per heavy atom. The third kappa shape index (κ3) is 11.8. The van der Waals surface area contributed by atoms with Crippen LogP contribution < -0.4 is 0 Å². The molecule has 2 aromatic carbocycles. The van der Waals surface area contributed by atoms with Gasteiger partial charge in [0, 0.05) is 23.0 Å². The maximum Gasteiger partial charge on any atom is 0.298 e. The highest BCUT2D eigenvalue weighted by Crippen LogP contribution is 2.27. The molecule has 0 aliphatic rings. The minimum Gasteiger partial charge on any atom is -0.506 e. The van der Waals surface area contributed by atoms with Crippen molar-refractivity contribution in [2.45, 2.75) is 35.5 Å². The number of rotatable bonds is 17. The topological polar surface area (TPSA) is 149 Å². The Kier molecular flexibility index (Phi) is 13.7. The fourth-order valence-corrected chi connectivity index (χ4v) is 9.13. The van der Waals surface area contributed by atoms with Crippen molar-refractivity contribution in [1.29, 1.82) is 0 Å². The SMILES string of the molecule is O=S(=O)(O)c1cc(CCCSCCSSCCSCCCc2ccc(O)c(S(=O)(=O)O)c2)ccc1O. The Labute approximate surface area is 229 Å². The lowest BCUT2D eigenvalue weighted by Gasteiger charge is -2.06. The molecule has 36 heavy (non-hydrogen) atoms. The summed E-state index contributed by atoms with van der Waals surface area (Å²) in [6, 6.07) is 8.52. The number of thioether (sulfide) groups is 2. The van der Waals surface area contributed by atoms with E-state index in [0.29, 0.717) is 12.8 Å². The minimum absolute atomic E-state index is 0.450. The number of phenolic OH excluding ortho intramolecular Hbond substituents is 2. The van der Waals surface area contributed by atoms with Crippen LogP contribution in [0.25, 0.3) is 0 Å². The third-order valence-corrected chi connectivity index (χ3v) is 11.6. The van der Waals surface area contributed by atoms with Crippen LogP contribution >= 0.6 is 45.1 Å². The molecule has 0 bridgehead atoms. The molecule has 0 fully saturated rings. The van der Waals surface area contributed by atoms with Crippen LogP contribution in [-0.2, 0) is 33.1 Å². The maximum absolute atomic E-state index is 11.3. The Balaban J connectivity index is 1.46. The summed E-state index contributed by atoms with van der Waals surface area (Å²) in [4.78, 5) is -0.906. The molecule has 4 N–H and O–H groups in total. The van der Waals surface area contributed by atoms with E-state index in [0.717, 1.165) is 58.5 Å². The quantitative estimate of drug-likeness (QED) is 0.108. The van der Waals surface area contributed by atoms with Gasteiger partial charge in [-0.05, 0) is 72.6 Å². The van der Waals surface area contributed by atoms with Crippen LogP contribution in [0.3, 0.4) is 0 Å². The first-order chi connectivity index (χ1) is 17.0. The van der Waals surface area contributed by atoms with Crippen molar-refractivity contribution in [2.75, 3.05) is 34.5 Å². The largest absolute Gasteiger partial charge is 0.506 e. The molecule has 0 radical (unpaired) electrons. The summed E-state index contributed by atoms with van der Waals surface area (Å²) in [5.41, 5.74) is 1.52. The second-order valence-electron chi connectivity index (χ2n) is 7.63. The van der Waals surface area contributed by atoms with Gasteiger partial charge in [-0.1, -0.05) is 33.7 Å². The van der Waals surface area contributed by atoms with Crippen molar-refractivity contribution in [1.82, 2.24) is 0 Å². The average molecular weight is 615 g/mol. The monoisotopic (exact) mass is 614 g/mol. The van der Waals surface area contributed by atoms with Gasteiger partial charge in [-0.15, -0.1) is 0 Å². The van der Waals surface area contributed by atoms with E-state index in [1.54, 1.807) is 12.1 Å². The van der Waals surface area contributed by atoms with Gasteiger partial charge in [0.1, 0.15) is 21.3 Å². The second kappa shape index (κ2) is 15.6. The van der Waals surface area contributed by atoms with E-state index in [9.17, 15) is 27.0 Å².